The van der Waals surface area contributed by atoms with Crippen molar-refractivity contribution in [3.8, 4) is 11.5 Å². The summed E-state index contributed by atoms with van der Waals surface area (Å²) in [5, 5.41) is 20.8. The molecule has 0 saturated carbocycles. The van der Waals surface area contributed by atoms with Gasteiger partial charge in [-0.05, 0) is 59.7 Å². The van der Waals surface area contributed by atoms with Gasteiger partial charge >= 0.3 is 5.91 Å². The van der Waals surface area contributed by atoms with Crippen molar-refractivity contribution < 1.29 is 19.4 Å². The van der Waals surface area contributed by atoms with Crippen LogP contribution in [-0.4, -0.2) is 32.0 Å². The third-order valence-corrected chi connectivity index (χ3v) is 8.81. The number of ether oxygens (including phenoxy) is 1. The average molecular weight is 613 g/mol. The van der Waals surface area contributed by atoms with E-state index in [9.17, 15) is 14.7 Å². The van der Waals surface area contributed by atoms with E-state index in [4.69, 9.17) is 16.3 Å². The number of hydrogen-bond donors (Lipinski definition) is 1. The van der Waals surface area contributed by atoms with E-state index in [0.717, 1.165) is 5.56 Å². The maximum Gasteiger partial charge on any atom is 0.301 e. The minimum absolute atomic E-state index is 0.0615. The van der Waals surface area contributed by atoms with Crippen LogP contribution in [0.2, 0.25) is 5.02 Å². The second kappa shape index (κ2) is 12.2. The molecule has 1 atom stereocenters. The van der Waals surface area contributed by atoms with Gasteiger partial charge in [-0.1, -0.05) is 77.2 Å². The van der Waals surface area contributed by atoms with Gasteiger partial charge in [0.2, 0.25) is 5.13 Å². The van der Waals surface area contributed by atoms with Crippen molar-refractivity contribution in [2.24, 2.45) is 0 Å². The lowest BCUT2D eigenvalue weighted by atomic mass is 9.95. The number of ketones is 1. The number of hydrogen-bond acceptors (Lipinski definition) is 9. The Kier molecular flexibility index (Phi) is 8.00. The third kappa shape index (κ3) is 5.78. The number of aliphatic hydroxyl groups excluding tert-OH is 1. The fourth-order valence-electron chi connectivity index (χ4n) is 4.47. The molecule has 6 rings (SSSR count). The number of amides is 1. The van der Waals surface area contributed by atoms with Crippen LogP contribution in [0.3, 0.4) is 0 Å². The highest BCUT2D eigenvalue weighted by atomic mass is 35.5. The van der Waals surface area contributed by atoms with E-state index in [1.807, 2.05) is 54.6 Å². The normalized spacial score (nSPS) is 16.1. The van der Waals surface area contributed by atoms with Crippen LogP contribution in [0.5, 0.6) is 11.5 Å². The maximum absolute atomic E-state index is 13.5. The number of nitrogens with zero attached hydrogens (tertiary/aromatic N) is 4. The molecule has 1 unspecified atom stereocenters. The molecule has 3 aromatic carbocycles. The summed E-state index contributed by atoms with van der Waals surface area (Å²) < 4.78 is 6.65. The van der Waals surface area contributed by atoms with E-state index >= 15 is 0 Å². The Morgan fingerprint density at radius 3 is 2.43 bits per heavy atom. The van der Waals surface area contributed by atoms with Crippen molar-refractivity contribution >= 4 is 57.3 Å². The van der Waals surface area contributed by atoms with Gasteiger partial charge < -0.3 is 9.84 Å². The second-order valence-corrected chi connectivity index (χ2v) is 11.8. The van der Waals surface area contributed by atoms with Gasteiger partial charge in [-0.25, -0.2) is 0 Å². The number of aliphatic hydroxyl groups is 1. The number of carbonyl (C=O) groups excluding carboxylic acids is 2. The average Bonchev–Trinajstić information content (AvgIpc) is 3.59. The highest BCUT2D eigenvalue weighted by molar-refractivity contribution is 8.00. The molecule has 1 N–H and O–H groups in total. The number of Topliss-reactive ketones (excluding diaryl/α,β-unsaturated/α-hetero) is 1. The van der Waals surface area contributed by atoms with Crippen molar-refractivity contribution in [2.75, 3.05) is 4.90 Å². The molecule has 2 aromatic heterocycles. The summed E-state index contributed by atoms with van der Waals surface area (Å²) in [5.74, 6) is -0.185. The maximum atomic E-state index is 13.5. The van der Waals surface area contributed by atoms with Gasteiger partial charge in [0.15, 0.2) is 4.34 Å². The van der Waals surface area contributed by atoms with Gasteiger partial charge in [-0.15, -0.1) is 10.2 Å². The number of aromatic nitrogens is 3. The number of halogens is 1. The summed E-state index contributed by atoms with van der Waals surface area (Å²) in [7, 11) is 0. The molecular formula is C31H21ClN4O4S2. The Bertz CT molecular complexity index is 1780. The summed E-state index contributed by atoms with van der Waals surface area (Å²) >= 11 is 8.64. The van der Waals surface area contributed by atoms with Crippen LogP contribution in [0.25, 0.3) is 5.76 Å². The number of thioether (sulfide) groups is 1. The first kappa shape index (κ1) is 27.6. The van der Waals surface area contributed by atoms with Gasteiger partial charge in [0.25, 0.3) is 5.78 Å². The Balaban J connectivity index is 1.38. The van der Waals surface area contributed by atoms with Crippen LogP contribution < -0.4 is 9.64 Å². The first-order valence-electron chi connectivity index (χ1n) is 12.7. The van der Waals surface area contributed by atoms with Gasteiger partial charge in [-0.2, -0.15) is 0 Å². The zero-order chi connectivity index (χ0) is 29.1. The topological polar surface area (TPSA) is 106 Å². The van der Waals surface area contributed by atoms with Gasteiger partial charge in [0.05, 0.1) is 11.6 Å². The zero-order valence-corrected chi connectivity index (χ0v) is 24.1. The lowest BCUT2D eigenvalue weighted by Gasteiger charge is -2.23. The number of carbonyl (C=O) groups is 2. The Hall–Kier alpha value is -4.51. The highest BCUT2D eigenvalue weighted by Crippen LogP contribution is 2.44. The number of para-hydroxylation sites is 1. The fourth-order valence-corrected chi connectivity index (χ4v) is 6.42. The molecule has 11 heteroatoms. The molecule has 1 aliphatic heterocycles. The van der Waals surface area contributed by atoms with Crippen LogP contribution in [0, 0.1) is 0 Å². The molecular weight excluding hydrogens is 592 g/mol. The van der Waals surface area contributed by atoms with Gasteiger partial charge in [0.1, 0.15) is 17.3 Å². The molecule has 3 heterocycles. The Morgan fingerprint density at radius 1 is 0.929 bits per heavy atom. The lowest BCUT2D eigenvalue weighted by molar-refractivity contribution is -0.132. The minimum atomic E-state index is -0.973. The van der Waals surface area contributed by atoms with Crippen LogP contribution in [-0.2, 0) is 15.3 Å². The summed E-state index contributed by atoms with van der Waals surface area (Å²) in [6, 6.07) is 26.0. The molecule has 5 aromatic rings. The summed E-state index contributed by atoms with van der Waals surface area (Å²) in [6.45, 7) is 0. The molecule has 42 heavy (non-hydrogen) atoms. The molecule has 1 aliphatic rings. The molecule has 1 saturated heterocycles. The molecule has 0 radical (unpaired) electrons. The van der Waals surface area contributed by atoms with Crippen LogP contribution in [0.1, 0.15) is 22.7 Å². The molecule has 1 amide bonds. The molecule has 8 nitrogen and oxygen atoms in total. The zero-order valence-electron chi connectivity index (χ0n) is 21.8. The van der Waals surface area contributed by atoms with E-state index in [2.05, 4.69) is 15.2 Å². The molecule has 0 aliphatic carbocycles. The predicted molar refractivity (Wildman–Crippen MR) is 163 cm³/mol. The van der Waals surface area contributed by atoms with Crippen LogP contribution in [0.15, 0.2) is 113 Å². The van der Waals surface area contributed by atoms with Gasteiger partial charge in [-0.3, -0.25) is 19.5 Å². The van der Waals surface area contributed by atoms with E-state index in [0.29, 0.717) is 37.7 Å². The third-order valence-electron chi connectivity index (χ3n) is 6.43. The number of anilines is 1. The molecule has 0 spiro atoms. The van der Waals surface area contributed by atoms with Crippen molar-refractivity contribution in [2.45, 2.75) is 16.1 Å². The minimum Gasteiger partial charge on any atom is -0.507 e. The quantitative estimate of drug-likeness (QED) is 0.0640. The van der Waals surface area contributed by atoms with Gasteiger partial charge in [0, 0.05) is 28.7 Å². The van der Waals surface area contributed by atoms with Crippen molar-refractivity contribution in [3.05, 3.63) is 131 Å². The number of pyridine rings is 1. The number of rotatable bonds is 8. The highest BCUT2D eigenvalue weighted by Gasteiger charge is 2.48. The summed E-state index contributed by atoms with van der Waals surface area (Å²) in [4.78, 5) is 32.3. The first-order chi connectivity index (χ1) is 20.5. The van der Waals surface area contributed by atoms with E-state index in [1.54, 1.807) is 36.4 Å². The second-order valence-electron chi connectivity index (χ2n) is 9.16. The van der Waals surface area contributed by atoms with Crippen molar-refractivity contribution in [3.63, 3.8) is 0 Å². The molecule has 0 bridgehead atoms. The SMILES string of the molecule is O=C1C(=O)N(c2nnc(SCc3ccc(Cl)cc3)s2)C(c2cccc(Oc3ccccc3)c2)/C1=C(\O)c1ccncc1. The molecule has 1 fully saturated rings. The summed E-state index contributed by atoms with van der Waals surface area (Å²) in [5.41, 5.74) is 1.91. The van der Waals surface area contributed by atoms with E-state index in [-0.39, 0.29) is 16.5 Å². The van der Waals surface area contributed by atoms with Crippen molar-refractivity contribution in [1.82, 2.24) is 15.2 Å². The lowest BCUT2D eigenvalue weighted by Crippen LogP contribution is -2.29. The predicted octanol–water partition coefficient (Wildman–Crippen LogP) is 7.30. The summed E-state index contributed by atoms with van der Waals surface area (Å²) in [6.07, 6.45) is 3.01. The standard InChI is InChI=1S/C31H21ClN4O4S2/c32-22-11-9-19(10-12-22)18-41-31-35-34-30(42-31)36-26(21-5-4-8-24(17-21)40-23-6-2-1-3-7-23)25(28(38)29(36)39)27(37)20-13-15-33-16-14-20/h1-17,26,37H,18H2/b27-25+. The first-order valence-corrected chi connectivity index (χ1v) is 14.9. The molecule has 208 valence electrons. The largest absolute Gasteiger partial charge is 0.507 e. The van der Waals surface area contributed by atoms with Crippen LogP contribution >= 0.6 is 34.7 Å². The fraction of sp³-hybridized carbons (Fsp3) is 0.0645. The Labute approximate surface area is 254 Å². The van der Waals surface area contributed by atoms with E-state index < -0.39 is 17.7 Å². The van der Waals surface area contributed by atoms with Crippen molar-refractivity contribution in [1.29, 1.82) is 0 Å². The Morgan fingerprint density at radius 2 is 1.67 bits per heavy atom. The number of benzene rings is 3. The smallest absolute Gasteiger partial charge is 0.301 e. The van der Waals surface area contributed by atoms with E-state index in [1.165, 1.54) is 40.4 Å². The monoisotopic (exact) mass is 612 g/mol. The van der Waals surface area contributed by atoms with Crippen LogP contribution in [0.4, 0.5) is 5.13 Å².